The minimum atomic E-state index is -1.67. The number of piperazine rings is 1. The highest BCUT2D eigenvalue weighted by Gasteiger charge is 2.27. The predicted molar refractivity (Wildman–Crippen MR) is 111 cm³/mol. The van der Waals surface area contributed by atoms with Crippen LogP contribution in [-0.4, -0.2) is 47.6 Å². The molecule has 1 aliphatic heterocycles. The maximum atomic E-state index is 15.0. The van der Waals surface area contributed by atoms with Crippen molar-refractivity contribution >= 4 is 28.8 Å². The molecule has 1 fully saturated rings. The van der Waals surface area contributed by atoms with E-state index in [-0.39, 0.29) is 28.9 Å². The third-order valence-corrected chi connectivity index (χ3v) is 5.45. The van der Waals surface area contributed by atoms with Crippen molar-refractivity contribution in [3.8, 4) is 5.69 Å². The van der Waals surface area contributed by atoms with Gasteiger partial charge >= 0.3 is 5.97 Å². The summed E-state index contributed by atoms with van der Waals surface area (Å²) in [6.07, 6.45) is 0.0347. The number of carbonyl (C=O) groups is 2. The highest BCUT2D eigenvalue weighted by Crippen LogP contribution is 2.30. The van der Waals surface area contributed by atoms with Crippen LogP contribution in [-0.2, 0) is 0 Å². The number of pyridine rings is 1. The number of carboxylic acid groups (broad SMARTS) is 1. The number of nitrogens with zero attached hydrogens (tertiary/aromatic N) is 2. The lowest BCUT2D eigenvalue weighted by Gasteiger charge is -2.34. The summed E-state index contributed by atoms with van der Waals surface area (Å²) in [5, 5.41) is 12.7. The molecule has 0 spiro atoms. The van der Waals surface area contributed by atoms with E-state index in [4.69, 9.17) is 0 Å². The fraction of sp³-hybridized carbons (Fsp3) is 0.227. The summed E-state index contributed by atoms with van der Waals surface area (Å²) in [5.41, 5.74) is -2.98. The second-order valence-corrected chi connectivity index (χ2v) is 7.57. The second kappa shape index (κ2) is 8.12. The number of nitrogens with one attached hydrogen (secondary N) is 1. The molecule has 2 aromatic carbocycles. The lowest BCUT2D eigenvalue weighted by atomic mass is 10.0. The van der Waals surface area contributed by atoms with E-state index < -0.39 is 45.8 Å². The number of rotatable bonds is 4. The summed E-state index contributed by atoms with van der Waals surface area (Å²) in [5.74, 6) is -4.42. The number of aromatic carboxylic acids is 1. The van der Waals surface area contributed by atoms with Crippen molar-refractivity contribution < 1.29 is 27.9 Å². The Balaban J connectivity index is 2.14. The van der Waals surface area contributed by atoms with Gasteiger partial charge in [0.25, 0.3) is 0 Å². The number of fused-ring (bicyclic) bond motifs is 1. The number of anilines is 1. The SMILES string of the molecule is CC1CN(c2cc3c(cc2F)c(=O)c(C=O)c(C(=O)O)n3-c2ccc(F)cc2F)CCN1. The molecule has 0 aliphatic carbocycles. The zero-order chi connectivity index (χ0) is 23.2. The van der Waals surface area contributed by atoms with Crippen molar-refractivity contribution in [2.75, 3.05) is 24.5 Å². The Hall–Kier alpha value is -3.66. The minimum Gasteiger partial charge on any atom is -0.477 e. The Morgan fingerprint density at radius 3 is 2.50 bits per heavy atom. The van der Waals surface area contributed by atoms with Crippen LogP contribution in [0, 0.1) is 17.5 Å². The molecule has 1 atom stereocenters. The van der Waals surface area contributed by atoms with Crippen LogP contribution in [0.25, 0.3) is 16.6 Å². The summed E-state index contributed by atoms with van der Waals surface area (Å²) in [6, 6.07) is 4.67. The van der Waals surface area contributed by atoms with Gasteiger partial charge in [0.1, 0.15) is 23.1 Å². The van der Waals surface area contributed by atoms with Gasteiger partial charge < -0.3 is 15.3 Å². The molecule has 10 heteroatoms. The number of halogens is 3. The molecule has 7 nitrogen and oxygen atoms in total. The molecule has 4 rings (SSSR count). The summed E-state index contributed by atoms with van der Waals surface area (Å²) < 4.78 is 44.1. The van der Waals surface area contributed by atoms with Gasteiger partial charge in [0, 0.05) is 37.1 Å². The molecule has 3 aromatic rings. The van der Waals surface area contributed by atoms with E-state index in [1.165, 1.54) is 6.07 Å². The van der Waals surface area contributed by atoms with E-state index in [2.05, 4.69) is 5.32 Å². The van der Waals surface area contributed by atoms with E-state index >= 15 is 4.39 Å². The van der Waals surface area contributed by atoms with Crippen LogP contribution in [0.4, 0.5) is 18.9 Å². The minimum absolute atomic E-state index is 0.0347. The monoisotopic (exact) mass is 445 g/mol. The van der Waals surface area contributed by atoms with Gasteiger partial charge in [-0.1, -0.05) is 0 Å². The Labute approximate surface area is 179 Å². The molecule has 1 aromatic heterocycles. The normalized spacial score (nSPS) is 16.4. The first-order valence-electron chi connectivity index (χ1n) is 9.77. The van der Waals surface area contributed by atoms with Gasteiger partial charge in [0.2, 0.25) is 5.43 Å². The van der Waals surface area contributed by atoms with Gasteiger partial charge in [0.05, 0.1) is 22.5 Å². The average molecular weight is 445 g/mol. The maximum absolute atomic E-state index is 15.0. The highest BCUT2D eigenvalue weighted by atomic mass is 19.1. The summed E-state index contributed by atoms with van der Waals surface area (Å²) in [6.45, 7) is 3.37. The largest absolute Gasteiger partial charge is 0.477 e. The quantitative estimate of drug-likeness (QED) is 0.600. The molecule has 0 radical (unpaired) electrons. The second-order valence-electron chi connectivity index (χ2n) is 7.57. The lowest BCUT2D eigenvalue weighted by Crippen LogP contribution is -2.49. The number of benzene rings is 2. The number of carboxylic acids is 1. The fourth-order valence-corrected chi connectivity index (χ4v) is 4.04. The number of aldehydes is 1. The van der Waals surface area contributed by atoms with E-state index in [0.717, 1.165) is 22.8 Å². The van der Waals surface area contributed by atoms with Gasteiger partial charge in [-0.25, -0.2) is 18.0 Å². The van der Waals surface area contributed by atoms with Crippen LogP contribution in [0.1, 0.15) is 27.8 Å². The number of hydrogen-bond donors (Lipinski definition) is 2. The Bertz CT molecular complexity index is 1320. The highest BCUT2D eigenvalue weighted by molar-refractivity contribution is 6.01. The molecule has 0 saturated carbocycles. The van der Waals surface area contributed by atoms with Crippen molar-refractivity contribution in [2.24, 2.45) is 0 Å². The smallest absolute Gasteiger partial charge is 0.353 e. The van der Waals surface area contributed by atoms with Gasteiger partial charge in [-0.15, -0.1) is 0 Å². The Morgan fingerprint density at radius 2 is 1.88 bits per heavy atom. The molecule has 2 N–H and O–H groups in total. The van der Waals surface area contributed by atoms with Crippen LogP contribution in [0.3, 0.4) is 0 Å². The zero-order valence-electron chi connectivity index (χ0n) is 16.9. The van der Waals surface area contributed by atoms with Crippen LogP contribution in [0.15, 0.2) is 35.1 Å². The average Bonchev–Trinajstić information content (AvgIpc) is 2.74. The van der Waals surface area contributed by atoms with Crippen molar-refractivity contribution in [1.82, 2.24) is 9.88 Å². The third kappa shape index (κ3) is 3.52. The van der Waals surface area contributed by atoms with Gasteiger partial charge in [0.15, 0.2) is 6.29 Å². The molecule has 0 amide bonds. The first-order valence-corrected chi connectivity index (χ1v) is 9.77. The first kappa shape index (κ1) is 21.6. The number of hydrogen-bond acceptors (Lipinski definition) is 5. The van der Waals surface area contributed by atoms with Crippen molar-refractivity contribution in [2.45, 2.75) is 13.0 Å². The number of carbonyl (C=O) groups excluding carboxylic acids is 1. The molecule has 32 heavy (non-hydrogen) atoms. The van der Waals surface area contributed by atoms with Crippen LogP contribution >= 0.6 is 0 Å². The topological polar surface area (TPSA) is 91.6 Å². The first-order chi connectivity index (χ1) is 15.2. The molecule has 1 saturated heterocycles. The van der Waals surface area contributed by atoms with E-state index in [9.17, 15) is 28.3 Å². The Kier molecular flexibility index (Phi) is 5.47. The van der Waals surface area contributed by atoms with E-state index in [1.807, 2.05) is 6.92 Å². The molecular weight excluding hydrogens is 427 g/mol. The van der Waals surface area contributed by atoms with Crippen molar-refractivity contribution in [3.05, 3.63) is 69.3 Å². The van der Waals surface area contributed by atoms with Gasteiger partial charge in [-0.05, 0) is 31.2 Å². The molecule has 0 bridgehead atoms. The lowest BCUT2D eigenvalue weighted by molar-refractivity contribution is 0.0684. The fourth-order valence-electron chi connectivity index (χ4n) is 4.04. The Morgan fingerprint density at radius 1 is 1.16 bits per heavy atom. The molecule has 1 aliphatic rings. The summed E-state index contributed by atoms with van der Waals surface area (Å²) in [4.78, 5) is 38.2. The van der Waals surface area contributed by atoms with Gasteiger partial charge in [-0.2, -0.15) is 0 Å². The van der Waals surface area contributed by atoms with E-state index in [1.54, 1.807) is 4.90 Å². The standard InChI is InChI=1S/C22H18F3N3O4/c1-11-9-27(5-4-26-11)19-8-18-13(7-16(19)25)21(30)14(10-29)20(22(31)32)28(18)17-3-2-12(23)6-15(17)24/h2-3,6-8,10-11,26H,4-5,9H2,1H3,(H,31,32). The summed E-state index contributed by atoms with van der Waals surface area (Å²) >= 11 is 0. The van der Waals surface area contributed by atoms with Crippen molar-refractivity contribution in [3.63, 3.8) is 0 Å². The molecular formula is C22H18F3N3O4. The summed E-state index contributed by atoms with van der Waals surface area (Å²) in [7, 11) is 0. The predicted octanol–water partition coefficient (Wildman–Crippen LogP) is 2.72. The third-order valence-electron chi connectivity index (χ3n) is 5.45. The maximum Gasteiger partial charge on any atom is 0.353 e. The number of aromatic nitrogens is 1. The molecule has 1 unspecified atom stereocenters. The molecule has 166 valence electrons. The van der Waals surface area contributed by atoms with E-state index in [0.29, 0.717) is 25.7 Å². The van der Waals surface area contributed by atoms with Crippen LogP contribution in [0.5, 0.6) is 0 Å². The van der Waals surface area contributed by atoms with Crippen LogP contribution < -0.4 is 15.6 Å². The zero-order valence-corrected chi connectivity index (χ0v) is 16.9. The van der Waals surface area contributed by atoms with Crippen LogP contribution in [0.2, 0.25) is 0 Å². The molecule has 2 heterocycles. The van der Waals surface area contributed by atoms with Gasteiger partial charge in [-0.3, -0.25) is 14.2 Å². The van der Waals surface area contributed by atoms with Crippen molar-refractivity contribution in [1.29, 1.82) is 0 Å².